The summed E-state index contributed by atoms with van der Waals surface area (Å²) in [5.41, 5.74) is 2.97. The molecule has 0 saturated carbocycles. The maximum absolute atomic E-state index is 14.5. The van der Waals surface area contributed by atoms with Crippen LogP contribution in [0.1, 0.15) is 28.8 Å². The molecule has 0 radical (unpaired) electrons. The van der Waals surface area contributed by atoms with E-state index >= 15 is 0 Å². The van der Waals surface area contributed by atoms with Crippen LogP contribution in [0.3, 0.4) is 0 Å². The fourth-order valence-electron chi connectivity index (χ4n) is 6.19. The van der Waals surface area contributed by atoms with Gasteiger partial charge >= 0.3 is 5.97 Å². The molecule has 3 aromatic carbocycles. The van der Waals surface area contributed by atoms with E-state index in [4.69, 9.17) is 4.74 Å². The summed E-state index contributed by atoms with van der Waals surface area (Å²) in [4.78, 5) is 44.0. The average molecular weight is 471 g/mol. The molecule has 0 unspecified atom stereocenters. The number of hydrogen-bond acceptors (Lipinski definition) is 5. The standard InChI is InChI=1S/C28H23FN2O4/c1-35-28(34)25-23-22(26(32)30(27(23)33)19-10-6-3-7-11-19)24-20-15-18(29)13-12-17(20)14-21(31(24)25)16-8-4-2-5-9-16/h2-13,15,21-25H,14H2,1H3/t21-,22+,23-,24+,25-/m1/s1. The molecule has 2 amide bonds. The molecule has 3 aliphatic heterocycles. The number of imide groups is 1. The molecular weight excluding hydrogens is 447 g/mol. The lowest BCUT2D eigenvalue weighted by Gasteiger charge is -2.43. The summed E-state index contributed by atoms with van der Waals surface area (Å²) in [6, 6.07) is 21.1. The second-order valence-electron chi connectivity index (χ2n) is 9.23. The number of anilines is 1. The number of para-hydroxylation sites is 1. The van der Waals surface area contributed by atoms with Gasteiger partial charge in [-0.2, -0.15) is 0 Å². The second-order valence-corrected chi connectivity index (χ2v) is 9.23. The molecule has 35 heavy (non-hydrogen) atoms. The van der Waals surface area contributed by atoms with Crippen molar-refractivity contribution in [2.24, 2.45) is 11.8 Å². The minimum Gasteiger partial charge on any atom is -0.468 e. The molecule has 0 aliphatic carbocycles. The van der Waals surface area contributed by atoms with Crippen molar-refractivity contribution in [2.45, 2.75) is 24.5 Å². The number of benzene rings is 3. The lowest BCUT2D eigenvalue weighted by atomic mass is 9.81. The first-order chi connectivity index (χ1) is 17.0. The molecular formula is C28H23FN2O4. The number of ether oxygens (including phenoxy) is 1. The molecule has 2 fully saturated rings. The summed E-state index contributed by atoms with van der Waals surface area (Å²) in [5, 5.41) is 0. The van der Waals surface area contributed by atoms with Crippen LogP contribution >= 0.6 is 0 Å². The minimum atomic E-state index is -0.971. The van der Waals surface area contributed by atoms with Gasteiger partial charge < -0.3 is 4.74 Å². The number of amides is 2. The number of rotatable bonds is 3. The Kier molecular flexibility index (Phi) is 5.04. The highest BCUT2D eigenvalue weighted by Gasteiger charge is 2.67. The Morgan fingerprint density at radius 2 is 1.57 bits per heavy atom. The predicted molar refractivity (Wildman–Crippen MR) is 126 cm³/mol. The number of esters is 1. The third kappa shape index (κ3) is 3.15. The van der Waals surface area contributed by atoms with Crippen molar-refractivity contribution in [1.82, 2.24) is 4.90 Å². The van der Waals surface area contributed by atoms with Crippen molar-refractivity contribution in [3.05, 3.63) is 101 Å². The molecule has 3 heterocycles. The van der Waals surface area contributed by atoms with Gasteiger partial charge in [-0.25, -0.2) is 9.29 Å². The van der Waals surface area contributed by atoms with Crippen LogP contribution < -0.4 is 4.90 Å². The minimum absolute atomic E-state index is 0.278. The number of carbonyl (C=O) groups is 3. The van der Waals surface area contributed by atoms with Crippen LogP contribution in [0.25, 0.3) is 0 Å². The third-order valence-corrected chi connectivity index (χ3v) is 7.56. The van der Waals surface area contributed by atoms with Gasteiger partial charge in [-0.1, -0.05) is 54.6 Å². The van der Waals surface area contributed by atoms with Crippen LogP contribution in [0.4, 0.5) is 10.1 Å². The maximum atomic E-state index is 14.5. The molecule has 6 nitrogen and oxygen atoms in total. The average Bonchev–Trinajstić information content (AvgIpc) is 3.37. The SMILES string of the molecule is COC(=O)[C@H]1[C@@H]2C(=O)N(c3ccccc3)C(=O)[C@@H]2[C@@H]2c3cc(F)ccc3C[C@H](c3ccccc3)N12. The summed E-state index contributed by atoms with van der Waals surface area (Å²) in [7, 11) is 1.29. The lowest BCUT2D eigenvalue weighted by Crippen LogP contribution is -2.49. The number of carbonyl (C=O) groups excluding carboxylic acids is 3. The fourth-order valence-corrected chi connectivity index (χ4v) is 6.19. The highest BCUT2D eigenvalue weighted by atomic mass is 19.1. The van der Waals surface area contributed by atoms with Gasteiger partial charge in [-0.05, 0) is 47.4 Å². The molecule has 176 valence electrons. The van der Waals surface area contributed by atoms with E-state index in [-0.39, 0.29) is 11.9 Å². The molecule has 0 aromatic heterocycles. The van der Waals surface area contributed by atoms with Gasteiger partial charge in [-0.15, -0.1) is 0 Å². The van der Waals surface area contributed by atoms with Gasteiger partial charge in [0.15, 0.2) is 0 Å². The number of halogens is 1. The van der Waals surface area contributed by atoms with Crippen LogP contribution in [0.5, 0.6) is 0 Å². The van der Waals surface area contributed by atoms with Gasteiger partial charge in [0.1, 0.15) is 11.9 Å². The van der Waals surface area contributed by atoms with Gasteiger partial charge in [0, 0.05) is 12.1 Å². The fraction of sp³-hybridized carbons (Fsp3) is 0.250. The normalized spacial score (nSPS) is 27.4. The first-order valence-electron chi connectivity index (χ1n) is 11.6. The second kappa shape index (κ2) is 8.13. The Bertz CT molecular complexity index is 1330. The molecule has 3 aliphatic rings. The Morgan fingerprint density at radius 1 is 0.914 bits per heavy atom. The summed E-state index contributed by atoms with van der Waals surface area (Å²) in [6.45, 7) is 0. The van der Waals surface area contributed by atoms with Gasteiger partial charge in [0.25, 0.3) is 0 Å². The van der Waals surface area contributed by atoms with Crippen LogP contribution in [0.2, 0.25) is 0 Å². The Labute approximate surface area is 201 Å². The van der Waals surface area contributed by atoms with Crippen molar-refractivity contribution >= 4 is 23.5 Å². The Hall–Kier alpha value is -3.84. The van der Waals surface area contributed by atoms with Crippen LogP contribution in [-0.4, -0.2) is 35.8 Å². The van der Waals surface area contributed by atoms with Crippen LogP contribution in [0, 0.1) is 17.7 Å². The van der Waals surface area contributed by atoms with Crippen molar-refractivity contribution in [3.8, 4) is 0 Å². The van der Waals surface area contributed by atoms with E-state index in [9.17, 15) is 18.8 Å². The number of hydrogen-bond donors (Lipinski definition) is 0. The van der Waals surface area contributed by atoms with Gasteiger partial charge in [0.2, 0.25) is 11.8 Å². The number of methoxy groups -OCH3 is 1. The Morgan fingerprint density at radius 3 is 2.26 bits per heavy atom. The molecule has 0 spiro atoms. The highest BCUT2D eigenvalue weighted by Crippen LogP contribution is 2.57. The van der Waals surface area contributed by atoms with Gasteiger partial charge in [-0.3, -0.25) is 19.3 Å². The van der Waals surface area contributed by atoms with Gasteiger partial charge in [0.05, 0.1) is 24.6 Å². The van der Waals surface area contributed by atoms with E-state index in [1.807, 2.05) is 35.2 Å². The topological polar surface area (TPSA) is 66.9 Å². The zero-order valence-electron chi connectivity index (χ0n) is 19.0. The van der Waals surface area contributed by atoms with Crippen LogP contribution in [-0.2, 0) is 25.5 Å². The zero-order valence-corrected chi connectivity index (χ0v) is 19.0. The summed E-state index contributed by atoms with van der Waals surface area (Å²) in [5.74, 6) is -3.56. The van der Waals surface area contributed by atoms with E-state index in [0.29, 0.717) is 17.7 Å². The summed E-state index contributed by atoms with van der Waals surface area (Å²) in [6.07, 6.45) is 0.522. The van der Waals surface area contributed by atoms with Crippen LogP contribution in [0.15, 0.2) is 78.9 Å². The smallest absolute Gasteiger partial charge is 0.323 e. The molecule has 3 aromatic rings. The molecule has 2 saturated heterocycles. The van der Waals surface area contributed by atoms with E-state index in [1.165, 1.54) is 24.1 Å². The Balaban J connectivity index is 1.56. The van der Waals surface area contributed by atoms with Crippen molar-refractivity contribution in [2.75, 3.05) is 12.0 Å². The van der Waals surface area contributed by atoms with E-state index in [0.717, 1.165) is 11.1 Å². The summed E-state index contributed by atoms with van der Waals surface area (Å²) >= 11 is 0. The lowest BCUT2D eigenvalue weighted by molar-refractivity contribution is -0.151. The highest BCUT2D eigenvalue weighted by molar-refractivity contribution is 6.23. The third-order valence-electron chi connectivity index (χ3n) is 7.56. The number of nitrogens with zero attached hydrogens (tertiary/aromatic N) is 2. The van der Waals surface area contributed by atoms with E-state index < -0.39 is 41.6 Å². The van der Waals surface area contributed by atoms with E-state index in [1.54, 1.807) is 36.4 Å². The summed E-state index contributed by atoms with van der Waals surface area (Å²) < 4.78 is 19.7. The molecule has 5 atom stereocenters. The first-order valence-corrected chi connectivity index (χ1v) is 11.6. The van der Waals surface area contributed by atoms with Crippen molar-refractivity contribution in [3.63, 3.8) is 0 Å². The van der Waals surface area contributed by atoms with E-state index in [2.05, 4.69) is 0 Å². The van der Waals surface area contributed by atoms with Crippen molar-refractivity contribution < 1.29 is 23.5 Å². The quantitative estimate of drug-likeness (QED) is 0.430. The zero-order chi connectivity index (χ0) is 24.3. The predicted octanol–water partition coefficient (Wildman–Crippen LogP) is 3.83. The molecule has 7 heteroatoms. The first kappa shape index (κ1) is 21.7. The maximum Gasteiger partial charge on any atom is 0.323 e. The number of fused-ring (bicyclic) bond motifs is 5. The largest absolute Gasteiger partial charge is 0.468 e. The van der Waals surface area contributed by atoms with Crippen molar-refractivity contribution in [1.29, 1.82) is 0 Å². The molecule has 6 rings (SSSR count). The monoisotopic (exact) mass is 470 g/mol. The molecule has 0 N–H and O–H groups in total. The molecule has 0 bridgehead atoms.